The molecule has 0 radical (unpaired) electrons. The van der Waals surface area contributed by atoms with Gasteiger partial charge < -0.3 is 16.5 Å². The lowest BCUT2D eigenvalue weighted by Gasteiger charge is -2.06. The fraction of sp³-hybridized carbons (Fsp3) is 0.222. The Morgan fingerprint density at radius 1 is 1.69 bits per heavy atom. The van der Waals surface area contributed by atoms with Gasteiger partial charge in [0.1, 0.15) is 0 Å². The summed E-state index contributed by atoms with van der Waals surface area (Å²) >= 11 is 3.40. The van der Waals surface area contributed by atoms with Crippen molar-refractivity contribution >= 4 is 22.1 Å². The second-order valence-corrected chi connectivity index (χ2v) is 3.55. The lowest BCUT2D eigenvalue weighted by Crippen LogP contribution is -2.09. The molecule has 1 aliphatic carbocycles. The van der Waals surface area contributed by atoms with E-state index in [1.807, 2.05) is 19.2 Å². The highest BCUT2D eigenvalue weighted by molar-refractivity contribution is 9.11. The summed E-state index contributed by atoms with van der Waals surface area (Å²) in [6.07, 6.45) is 5.79. The zero-order valence-corrected chi connectivity index (χ0v) is 8.98. The molecule has 3 nitrogen and oxygen atoms in total. The van der Waals surface area contributed by atoms with E-state index in [0.29, 0.717) is 6.42 Å². The SMILES string of the molecule is CNC1=C(Br)C=C(N)CC=C1C=N. The van der Waals surface area contributed by atoms with Crippen molar-refractivity contribution in [3.05, 3.63) is 33.6 Å². The quantitative estimate of drug-likeness (QED) is 0.644. The smallest absolute Gasteiger partial charge is 0.0568 e. The van der Waals surface area contributed by atoms with Crippen LogP contribution in [0.4, 0.5) is 0 Å². The van der Waals surface area contributed by atoms with Crippen LogP contribution in [0.5, 0.6) is 0 Å². The first-order valence-electron chi connectivity index (χ1n) is 3.93. The molecule has 0 aromatic rings. The van der Waals surface area contributed by atoms with Gasteiger partial charge in [0.15, 0.2) is 0 Å². The van der Waals surface area contributed by atoms with Crippen molar-refractivity contribution in [3.63, 3.8) is 0 Å². The molecular weight excluding hydrogens is 230 g/mol. The molecule has 0 amide bonds. The fourth-order valence-corrected chi connectivity index (χ4v) is 1.88. The number of likely N-dealkylation sites (N-methyl/N-ethyl adjacent to an activating group) is 1. The van der Waals surface area contributed by atoms with E-state index in [4.69, 9.17) is 11.1 Å². The first kappa shape index (κ1) is 10.1. The van der Waals surface area contributed by atoms with Gasteiger partial charge in [0.05, 0.1) is 5.70 Å². The summed E-state index contributed by atoms with van der Waals surface area (Å²) in [4.78, 5) is 0. The predicted octanol–water partition coefficient (Wildman–Crippen LogP) is 1.63. The van der Waals surface area contributed by atoms with Crippen LogP contribution in [0.3, 0.4) is 0 Å². The summed E-state index contributed by atoms with van der Waals surface area (Å²) in [5.41, 5.74) is 8.25. The first-order chi connectivity index (χ1) is 6.19. The minimum absolute atomic E-state index is 0.686. The van der Waals surface area contributed by atoms with Crippen LogP contribution >= 0.6 is 15.9 Å². The highest BCUT2D eigenvalue weighted by atomic mass is 79.9. The highest BCUT2D eigenvalue weighted by Gasteiger charge is 2.08. The van der Waals surface area contributed by atoms with E-state index in [1.165, 1.54) is 6.21 Å². The van der Waals surface area contributed by atoms with Crippen LogP contribution in [0.25, 0.3) is 0 Å². The van der Waals surface area contributed by atoms with E-state index >= 15 is 0 Å². The van der Waals surface area contributed by atoms with Gasteiger partial charge in [0, 0.05) is 35.4 Å². The molecule has 13 heavy (non-hydrogen) atoms. The van der Waals surface area contributed by atoms with Crippen molar-refractivity contribution in [3.8, 4) is 0 Å². The largest absolute Gasteiger partial charge is 0.402 e. The average molecular weight is 242 g/mol. The molecule has 1 rings (SSSR count). The number of nitrogens with two attached hydrogens (primary N) is 1. The maximum absolute atomic E-state index is 7.23. The molecule has 0 atom stereocenters. The standard InChI is InChI=1S/C9H12BrN3/c1-13-9-6(5-11)2-3-7(12)4-8(9)10/h2,4-5,11,13H,3,12H2,1H3. The fourth-order valence-electron chi connectivity index (χ4n) is 1.16. The summed E-state index contributed by atoms with van der Waals surface area (Å²) in [6.45, 7) is 0. The van der Waals surface area contributed by atoms with Crippen LogP contribution < -0.4 is 11.1 Å². The number of hydrogen-bond donors (Lipinski definition) is 3. The molecule has 1 aliphatic rings. The normalized spacial score (nSPS) is 17.4. The molecule has 0 fully saturated rings. The molecule has 0 aromatic carbocycles. The van der Waals surface area contributed by atoms with E-state index in [1.54, 1.807) is 0 Å². The number of nitrogens with one attached hydrogen (secondary N) is 2. The van der Waals surface area contributed by atoms with Crippen LogP contribution in [0, 0.1) is 5.41 Å². The third-order valence-corrected chi connectivity index (χ3v) is 2.43. The van der Waals surface area contributed by atoms with Crippen LogP contribution in [0.2, 0.25) is 0 Å². The number of allylic oxidation sites excluding steroid dienone is 4. The molecule has 0 saturated carbocycles. The lowest BCUT2D eigenvalue weighted by molar-refractivity contribution is 1.02. The molecule has 0 unspecified atom stereocenters. The van der Waals surface area contributed by atoms with E-state index in [9.17, 15) is 0 Å². The Balaban J connectivity index is 3.16. The molecule has 4 N–H and O–H groups in total. The summed E-state index contributed by atoms with van der Waals surface area (Å²) < 4.78 is 0.889. The Kier molecular flexibility index (Phi) is 3.31. The van der Waals surface area contributed by atoms with Gasteiger partial charge in [0.2, 0.25) is 0 Å². The average Bonchev–Trinajstić information content (AvgIpc) is 2.23. The molecule has 4 heteroatoms. The zero-order valence-electron chi connectivity index (χ0n) is 7.39. The molecule has 0 aliphatic heterocycles. The Hall–Kier alpha value is -1.03. The monoisotopic (exact) mass is 241 g/mol. The number of halogens is 1. The second-order valence-electron chi connectivity index (χ2n) is 2.70. The summed E-state index contributed by atoms with van der Waals surface area (Å²) in [5, 5.41) is 10.3. The van der Waals surface area contributed by atoms with Crippen LogP contribution in [-0.2, 0) is 0 Å². The molecule has 70 valence electrons. The third kappa shape index (κ3) is 2.21. The van der Waals surface area contributed by atoms with Crippen LogP contribution in [0.1, 0.15) is 6.42 Å². The molecule has 0 spiro atoms. The molecule has 0 aromatic heterocycles. The van der Waals surface area contributed by atoms with E-state index in [-0.39, 0.29) is 0 Å². The maximum atomic E-state index is 7.23. The van der Waals surface area contributed by atoms with Crippen molar-refractivity contribution in [2.75, 3.05) is 7.05 Å². The van der Waals surface area contributed by atoms with E-state index in [2.05, 4.69) is 21.2 Å². The molecular formula is C9H12BrN3. The van der Waals surface area contributed by atoms with Crippen molar-refractivity contribution in [2.24, 2.45) is 5.73 Å². The Bertz CT molecular complexity index is 313. The highest BCUT2D eigenvalue weighted by Crippen LogP contribution is 2.22. The minimum Gasteiger partial charge on any atom is -0.402 e. The Morgan fingerprint density at radius 2 is 2.38 bits per heavy atom. The van der Waals surface area contributed by atoms with Gasteiger partial charge in [-0.15, -0.1) is 0 Å². The van der Waals surface area contributed by atoms with Gasteiger partial charge in [-0.2, -0.15) is 0 Å². The van der Waals surface area contributed by atoms with Gasteiger partial charge in [-0.3, -0.25) is 0 Å². The summed E-state index contributed by atoms with van der Waals surface area (Å²) in [7, 11) is 1.82. The topological polar surface area (TPSA) is 61.9 Å². The molecule has 0 bridgehead atoms. The van der Waals surface area contributed by atoms with Gasteiger partial charge in [-0.25, -0.2) is 0 Å². The first-order valence-corrected chi connectivity index (χ1v) is 4.73. The number of rotatable bonds is 2. The lowest BCUT2D eigenvalue weighted by atomic mass is 10.2. The van der Waals surface area contributed by atoms with E-state index in [0.717, 1.165) is 21.4 Å². The Morgan fingerprint density at radius 3 is 2.92 bits per heavy atom. The number of hydrogen-bond acceptors (Lipinski definition) is 3. The van der Waals surface area contributed by atoms with Crippen molar-refractivity contribution in [1.82, 2.24) is 5.32 Å². The van der Waals surface area contributed by atoms with Gasteiger partial charge in [-0.1, -0.05) is 6.08 Å². The zero-order chi connectivity index (χ0) is 9.84. The van der Waals surface area contributed by atoms with Crippen molar-refractivity contribution in [2.45, 2.75) is 6.42 Å². The molecule has 0 saturated heterocycles. The third-order valence-electron chi connectivity index (χ3n) is 1.80. The van der Waals surface area contributed by atoms with Crippen molar-refractivity contribution in [1.29, 1.82) is 5.41 Å². The van der Waals surface area contributed by atoms with Crippen LogP contribution in [-0.4, -0.2) is 13.3 Å². The molecule has 0 heterocycles. The summed E-state index contributed by atoms with van der Waals surface area (Å²) in [5.74, 6) is 0. The van der Waals surface area contributed by atoms with Crippen LogP contribution in [0.15, 0.2) is 33.6 Å². The minimum atomic E-state index is 0.686. The predicted molar refractivity (Wildman–Crippen MR) is 58.8 cm³/mol. The van der Waals surface area contributed by atoms with E-state index < -0.39 is 0 Å². The second kappa shape index (κ2) is 4.28. The summed E-state index contributed by atoms with van der Waals surface area (Å²) in [6, 6.07) is 0. The van der Waals surface area contributed by atoms with Crippen molar-refractivity contribution < 1.29 is 0 Å². The van der Waals surface area contributed by atoms with Gasteiger partial charge >= 0.3 is 0 Å². The van der Waals surface area contributed by atoms with Gasteiger partial charge in [-0.05, 0) is 22.0 Å². The van der Waals surface area contributed by atoms with Gasteiger partial charge in [0.25, 0.3) is 0 Å². The maximum Gasteiger partial charge on any atom is 0.0568 e. The Labute approximate surface area is 86.0 Å².